The zero-order valence-corrected chi connectivity index (χ0v) is 9.61. The molecule has 1 rings (SSSR count). The van der Waals surface area contributed by atoms with E-state index in [1.807, 2.05) is 0 Å². The van der Waals surface area contributed by atoms with Gasteiger partial charge in [-0.3, -0.25) is 0 Å². The average Bonchev–Trinajstić information content (AvgIpc) is 2.29. The maximum absolute atomic E-state index is 13.5. The van der Waals surface area contributed by atoms with E-state index in [0.717, 1.165) is 5.56 Å². The van der Waals surface area contributed by atoms with Gasteiger partial charge in [0.2, 0.25) is 0 Å². The van der Waals surface area contributed by atoms with E-state index in [-0.39, 0.29) is 12.2 Å². The third-order valence-electron chi connectivity index (χ3n) is 2.28. The van der Waals surface area contributed by atoms with Crippen molar-refractivity contribution < 1.29 is 23.4 Å². The molecule has 0 amide bonds. The molecule has 0 radical (unpaired) electrons. The summed E-state index contributed by atoms with van der Waals surface area (Å²) < 4.78 is 31.1. The van der Waals surface area contributed by atoms with Gasteiger partial charge in [0.15, 0.2) is 6.10 Å². The predicted octanol–water partition coefficient (Wildman–Crippen LogP) is 2.23. The summed E-state index contributed by atoms with van der Waals surface area (Å²) in [7, 11) is 0. The van der Waals surface area contributed by atoms with E-state index >= 15 is 0 Å². The van der Waals surface area contributed by atoms with Gasteiger partial charge in [-0.15, -0.1) is 0 Å². The van der Waals surface area contributed by atoms with Crippen molar-refractivity contribution in [2.24, 2.45) is 0 Å². The van der Waals surface area contributed by atoms with Gasteiger partial charge in [-0.25, -0.2) is 4.79 Å². The highest BCUT2D eigenvalue weighted by Crippen LogP contribution is 2.32. The van der Waals surface area contributed by atoms with Gasteiger partial charge in [-0.05, 0) is 19.4 Å². The minimum atomic E-state index is -3.94. The number of aliphatic hydroxyl groups excluding tert-OH is 1. The fourth-order valence-electron chi connectivity index (χ4n) is 1.30. The van der Waals surface area contributed by atoms with Gasteiger partial charge in [0, 0.05) is 0 Å². The zero-order chi connectivity index (χ0) is 13.1. The van der Waals surface area contributed by atoms with Crippen molar-refractivity contribution in [3.63, 3.8) is 0 Å². The molecule has 0 heterocycles. The maximum atomic E-state index is 13.5. The van der Waals surface area contributed by atoms with Gasteiger partial charge in [0.25, 0.3) is 0 Å². The molecular formula is C12H14F2O3. The van der Waals surface area contributed by atoms with Crippen molar-refractivity contribution in [2.45, 2.75) is 25.9 Å². The van der Waals surface area contributed by atoms with Gasteiger partial charge in [0.1, 0.15) is 0 Å². The molecule has 0 bridgehead atoms. The van der Waals surface area contributed by atoms with E-state index < -0.39 is 18.0 Å². The number of rotatable bonds is 4. The molecule has 0 aliphatic carbocycles. The molecule has 1 aromatic carbocycles. The van der Waals surface area contributed by atoms with Crippen LogP contribution in [0.4, 0.5) is 8.78 Å². The number of aliphatic hydroxyl groups is 1. The number of aryl methyl sites for hydroxylation is 1. The van der Waals surface area contributed by atoms with Gasteiger partial charge < -0.3 is 9.84 Å². The van der Waals surface area contributed by atoms with E-state index in [1.165, 1.54) is 19.1 Å². The molecule has 0 saturated heterocycles. The second kappa shape index (κ2) is 5.23. The van der Waals surface area contributed by atoms with Crippen LogP contribution in [0.5, 0.6) is 0 Å². The lowest BCUT2D eigenvalue weighted by Crippen LogP contribution is -2.37. The maximum Gasteiger partial charge on any atom is 0.380 e. The number of hydrogen-bond acceptors (Lipinski definition) is 3. The van der Waals surface area contributed by atoms with Crippen LogP contribution >= 0.6 is 0 Å². The third-order valence-corrected chi connectivity index (χ3v) is 2.28. The highest BCUT2D eigenvalue weighted by atomic mass is 19.3. The Morgan fingerprint density at radius 2 is 1.94 bits per heavy atom. The first-order valence-corrected chi connectivity index (χ1v) is 5.19. The summed E-state index contributed by atoms with van der Waals surface area (Å²) in [6.45, 7) is 3.06. The van der Waals surface area contributed by atoms with E-state index in [0.29, 0.717) is 0 Å². The molecule has 3 nitrogen and oxygen atoms in total. The van der Waals surface area contributed by atoms with Crippen molar-refractivity contribution >= 4 is 5.97 Å². The summed E-state index contributed by atoms with van der Waals surface area (Å²) >= 11 is 0. The van der Waals surface area contributed by atoms with Crippen molar-refractivity contribution in [1.82, 2.24) is 0 Å². The SMILES string of the molecule is CCOC(=O)C(F)(F)C(O)c1ccc(C)cc1. The van der Waals surface area contributed by atoms with Gasteiger partial charge >= 0.3 is 11.9 Å². The lowest BCUT2D eigenvalue weighted by atomic mass is 10.0. The lowest BCUT2D eigenvalue weighted by Gasteiger charge is -2.20. The molecule has 94 valence electrons. The fourth-order valence-corrected chi connectivity index (χ4v) is 1.30. The summed E-state index contributed by atoms with van der Waals surface area (Å²) in [5, 5.41) is 9.49. The first-order valence-electron chi connectivity index (χ1n) is 5.19. The molecule has 0 saturated carbocycles. The van der Waals surface area contributed by atoms with Crippen molar-refractivity contribution in [3.8, 4) is 0 Å². The first kappa shape index (κ1) is 13.6. The number of benzene rings is 1. The van der Waals surface area contributed by atoms with Crippen LogP contribution in [0.2, 0.25) is 0 Å². The third kappa shape index (κ3) is 3.00. The minimum Gasteiger partial charge on any atom is -0.461 e. The van der Waals surface area contributed by atoms with Crippen LogP contribution in [0, 0.1) is 6.92 Å². The van der Waals surface area contributed by atoms with E-state index in [9.17, 15) is 18.7 Å². The zero-order valence-electron chi connectivity index (χ0n) is 9.61. The molecule has 1 N–H and O–H groups in total. The summed E-state index contributed by atoms with van der Waals surface area (Å²) in [5.41, 5.74) is 0.856. The lowest BCUT2D eigenvalue weighted by molar-refractivity contribution is -0.189. The molecule has 1 unspecified atom stereocenters. The largest absolute Gasteiger partial charge is 0.461 e. The highest BCUT2D eigenvalue weighted by molar-refractivity contribution is 5.78. The Morgan fingerprint density at radius 3 is 2.41 bits per heavy atom. The number of esters is 1. The Balaban J connectivity index is 2.91. The van der Waals surface area contributed by atoms with Crippen LogP contribution in [-0.4, -0.2) is 23.6 Å². The quantitative estimate of drug-likeness (QED) is 0.826. The molecule has 17 heavy (non-hydrogen) atoms. The minimum absolute atomic E-state index is 0.0198. The Hall–Kier alpha value is -1.49. The summed E-state index contributed by atoms with van der Waals surface area (Å²) in [6, 6.07) is 5.87. The van der Waals surface area contributed by atoms with Crippen LogP contribution in [0.15, 0.2) is 24.3 Å². The number of halogens is 2. The first-order chi connectivity index (χ1) is 7.89. The summed E-state index contributed by atoms with van der Waals surface area (Å²) in [6.07, 6.45) is -2.19. The second-order valence-corrected chi connectivity index (χ2v) is 3.66. The molecule has 1 atom stereocenters. The van der Waals surface area contributed by atoms with E-state index in [1.54, 1.807) is 19.1 Å². The summed E-state index contributed by atoms with van der Waals surface area (Å²) in [4.78, 5) is 11.0. The smallest absolute Gasteiger partial charge is 0.380 e. The molecule has 0 aliphatic heterocycles. The van der Waals surface area contributed by atoms with Gasteiger partial charge in [-0.2, -0.15) is 8.78 Å². The van der Waals surface area contributed by atoms with E-state index in [2.05, 4.69) is 4.74 Å². The standard InChI is InChI=1S/C12H14F2O3/c1-3-17-11(16)12(13,14)10(15)9-6-4-8(2)5-7-9/h4-7,10,15H,3H2,1-2H3. The van der Waals surface area contributed by atoms with E-state index in [4.69, 9.17) is 0 Å². The molecule has 1 aromatic rings. The van der Waals surface area contributed by atoms with Gasteiger partial charge in [-0.1, -0.05) is 29.8 Å². The van der Waals surface area contributed by atoms with Crippen LogP contribution in [0.25, 0.3) is 0 Å². The number of alkyl halides is 2. The number of carbonyl (C=O) groups is 1. The monoisotopic (exact) mass is 244 g/mol. The number of carbonyl (C=O) groups excluding carboxylic acids is 1. The van der Waals surface area contributed by atoms with Crippen molar-refractivity contribution in [2.75, 3.05) is 6.61 Å². The molecular weight excluding hydrogens is 230 g/mol. The van der Waals surface area contributed by atoms with Crippen LogP contribution in [0.1, 0.15) is 24.2 Å². The average molecular weight is 244 g/mol. The fraction of sp³-hybridized carbons (Fsp3) is 0.417. The summed E-state index contributed by atoms with van der Waals surface area (Å²) in [5.74, 6) is -5.65. The highest BCUT2D eigenvalue weighted by Gasteiger charge is 2.48. The molecule has 0 aromatic heterocycles. The Morgan fingerprint density at radius 1 is 1.41 bits per heavy atom. The Kier molecular flexibility index (Phi) is 4.17. The normalized spacial score (nSPS) is 13.2. The number of ether oxygens (including phenoxy) is 1. The van der Waals surface area contributed by atoms with Crippen molar-refractivity contribution in [1.29, 1.82) is 0 Å². The Labute approximate surface area is 98.0 Å². The second-order valence-electron chi connectivity index (χ2n) is 3.66. The molecule has 0 spiro atoms. The van der Waals surface area contributed by atoms with Crippen LogP contribution in [-0.2, 0) is 9.53 Å². The molecule has 0 fully saturated rings. The van der Waals surface area contributed by atoms with Gasteiger partial charge in [0.05, 0.1) is 6.61 Å². The predicted molar refractivity (Wildman–Crippen MR) is 57.7 cm³/mol. The molecule has 0 aliphatic rings. The van der Waals surface area contributed by atoms with Crippen LogP contribution < -0.4 is 0 Å². The Bertz CT molecular complexity index is 387. The molecule has 5 heteroatoms. The number of hydrogen-bond donors (Lipinski definition) is 1. The topological polar surface area (TPSA) is 46.5 Å². The van der Waals surface area contributed by atoms with Crippen LogP contribution in [0.3, 0.4) is 0 Å². The van der Waals surface area contributed by atoms with Crippen molar-refractivity contribution in [3.05, 3.63) is 35.4 Å².